The fourth-order valence-electron chi connectivity index (χ4n) is 3.46. The molecule has 0 unspecified atom stereocenters. The first-order chi connectivity index (χ1) is 7.11. The Morgan fingerprint density at radius 2 is 2.13 bits per heavy atom. The summed E-state index contributed by atoms with van der Waals surface area (Å²) in [6, 6.07) is 0. The highest BCUT2D eigenvalue weighted by molar-refractivity contribution is 7.75. The first-order valence-electron chi connectivity index (χ1n) is 5.55. The lowest BCUT2D eigenvalue weighted by Gasteiger charge is -2.42. The van der Waals surface area contributed by atoms with Crippen molar-refractivity contribution < 1.29 is 17.7 Å². The van der Waals surface area contributed by atoms with Gasteiger partial charge in [0.25, 0.3) is 0 Å². The molecular formula is C10H16O4S. The van der Waals surface area contributed by atoms with Crippen molar-refractivity contribution in [2.75, 3.05) is 0 Å². The summed E-state index contributed by atoms with van der Waals surface area (Å²) in [5, 5.41) is 10.00. The molecule has 15 heavy (non-hydrogen) atoms. The number of rotatable bonds is 0. The van der Waals surface area contributed by atoms with E-state index in [0.717, 1.165) is 25.7 Å². The minimum absolute atomic E-state index is 0.0193. The molecule has 0 aromatic rings. The second-order valence-electron chi connectivity index (χ2n) is 5.14. The lowest BCUT2D eigenvalue weighted by atomic mass is 9.66. The fourth-order valence-corrected chi connectivity index (χ4v) is 4.35. The molecular weight excluding hydrogens is 216 g/mol. The molecule has 5 heteroatoms. The third kappa shape index (κ3) is 1.33. The maximum absolute atomic E-state index is 11.2. The molecule has 0 bridgehead atoms. The van der Waals surface area contributed by atoms with Crippen LogP contribution in [-0.2, 0) is 19.7 Å². The molecule has 6 atom stereocenters. The smallest absolute Gasteiger partial charge is 0.305 e. The van der Waals surface area contributed by atoms with E-state index < -0.39 is 11.4 Å². The quantitative estimate of drug-likeness (QED) is 0.675. The van der Waals surface area contributed by atoms with Crippen molar-refractivity contribution >= 4 is 11.4 Å². The molecule has 1 heterocycles. The first-order valence-corrected chi connectivity index (χ1v) is 6.55. The van der Waals surface area contributed by atoms with Gasteiger partial charge in [-0.15, -0.1) is 0 Å². The van der Waals surface area contributed by atoms with E-state index in [1.807, 2.05) is 0 Å². The molecule has 0 spiro atoms. The predicted molar refractivity (Wildman–Crippen MR) is 54.0 cm³/mol. The lowest BCUT2D eigenvalue weighted by Crippen LogP contribution is -2.47. The van der Waals surface area contributed by atoms with Gasteiger partial charge in [0.15, 0.2) is 0 Å². The summed E-state index contributed by atoms with van der Waals surface area (Å²) in [6.45, 7) is 2.12. The van der Waals surface area contributed by atoms with Crippen LogP contribution < -0.4 is 0 Å². The Bertz CT molecular complexity index is 308. The van der Waals surface area contributed by atoms with E-state index in [4.69, 9.17) is 8.37 Å². The second kappa shape index (κ2) is 3.26. The van der Waals surface area contributed by atoms with Crippen LogP contribution in [0.3, 0.4) is 0 Å². The zero-order valence-electron chi connectivity index (χ0n) is 8.72. The van der Waals surface area contributed by atoms with Crippen LogP contribution in [0.5, 0.6) is 0 Å². The van der Waals surface area contributed by atoms with Gasteiger partial charge in [-0.25, -0.2) is 0 Å². The summed E-state index contributed by atoms with van der Waals surface area (Å²) >= 11 is -1.56. The largest absolute Gasteiger partial charge is 0.393 e. The monoisotopic (exact) mass is 232 g/mol. The Morgan fingerprint density at radius 1 is 1.33 bits per heavy atom. The third-order valence-electron chi connectivity index (χ3n) is 4.48. The normalized spacial score (nSPS) is 58.9. The molecule has 0 radical (unpaired) electrons. The van der Waals surface area contributed by atoms with Gasteiger partial charge < -0.3 is 5.11 Å². The van der Waals surface area contributed by atoms with Crippen LogP contribution in [0.2, 0.25) is 0 Å². The molecule has 3 aliphatic rings. The molecule has 1 N–H and O–H groups in total. The van der Waals surface area contributed by atoms with Gasteiger partial charge in [-0.05, 0) is 37.0 Å². The molecule has 0 amide bonds. The van der Waals surface area contributed by atoms with Crippen LogP contribution in [0.4, 0.5) is 0 Å². The zero-order valence-corrected chi connectivity index (χ0v) is 9.53. The van der Waals surface area contributed by atoms with Crippen molar-refractivity contribution in [1.82, 2.24) is 0 Å². The van der Waals surface area contributed by atoms with Gasteiger partial charge >= 0.3 is 11.4 Å². The molecule has 4 nitrogen and oxygen atoms in total. The van der Waals surface area contributed by atoms with E-state index in [1.165, 1.54) is 0 Å². The highest BCUT2D eigenvalue weighted by Gasteiger charge is 2.57. The third-order valence-corrected chi connectivity index (χ3v) is 5.27. The minimum Gasteiger partial charge on any atom is -0.393 e. The molecule has 1 aliphatic heterocycles. The molecule has 2 aliphatic carbocycles. The van der Waals surface area contributed by atoms with Crippen LogP contribution in [-0.4, -0.2) is 27.6 Å². The zero-order chi connectivity index (χ0) is 10.6. The Balaban J connectivity index is 1.90. The standard InChI is InChI=1S/C10H16O4S/c1-10-5-4-7-9(14-15(12)13-7)6(10)2-3-8(10)11/h6-9,11H,2-5H2,1H3/t6-,7-,8-,9+,10-,15-/m0/s1. The highest BCUT2D eigenvalue weighted by atomic mass is 32.2. The van der Waals surface area contributed by atoms with Gasteiger partial charge in [0.2, 0.25) is 0 Å². The number of hydrogen-bond donors (Lipinski definition) is 1. The van der Waals surface area contributed by atoms with Gasteiger partial charge in [0, 0.05) is 0 Å². The van der Waals surface area contributed by atoms with Gasteiger partial charge in [0.1, 0.15) is 12.2 Å². The van der Waals surface area contributed by atoms with Crippen LogP contribution in [0.25, 0.3) is 0 Å². The molecule has 3 rings (SSSR count). The van der Waals surface area contributed by atoms with Crippen molar-refractivity contribution in [1.29, 1.82) is 0 Å². The van der Waals surface area contributed by atoms with E-state index in [0.29, 0.717) is 5.92 Å². The number of hydrogen-bond acceptors (Lipinski definition) is 4. The first kappa shape index (κ1) is 10.2. The maximum Gasteiger partial charge on any atom is 0.305 e. The van der Waals surface area contributed by atoms with Crippen molar-refractivity contribution in [2.24, 2.45) is 11.3 Å². The van der Waals surface area contributed by atoms with Gasteiger partial charge in [-0.1, -0.05) is 6.92 Å². The Labute approximate surface area is 91.8 Å². The van der Waals surface area contributed by atoms with Crippen LogP contribution in [0.1, 0.15) is 32.6 Å². The van der Waals surface area contributed by atoms with Crippen molar-refractivity contribution in [3.63, 3.8) is 0 Å². The van der Waals surface area contributed by atoms with Crippen LogP contribution in [0, 0.1) is 11.3 Å². The second-order valence-corrected chi connectivity index (χ2v) is 5.94. The number of fused-ring (bicyclic) bond motifs is 3. The molecule has 0 aromatic heterocycles. The van der Waals surface area contributed by atoms with Crippen molar-refractivity contribution in [3.8, 4) is 0 Å². The SMILES string of the molecule is C[C@]12CC[C@@H]3O[S@](=O)O[C@@H]3[C@@H]1CC[C@@H]2O. The Morgan fingerprint density at radius 3 is 2.93 bits per heavy atom. The average Bonchev–Trinajstić information content (AvgIpc) is 2.68. The van der Waals surface area contributed by atoms with Crippen molar-refractivity contribution in [2.45, 2.75) is 50.9 Å². The lowest BCUT2D eigenvalue weighted by molar-refractivity contribution is -0.0559. The molecule has 3 fully saturated rings. The molecule has 1 saturated heterocycles. The summed E-state index contributed by atoms with van der Waals surface area (Å²) in [5.74, 6) is 0.303. The number of aliphatic hydroxyl groups is 1. The van der Waals surface area contributed by atoms with Crippen LogP contribution in [0.15, 0.2) is 0 Å². The van der Waals surface area contributed by atoms with E-state index in [-0.39, 0.29) is 23.7 Å². The summed E-state index contributed by atoms with van der Waals surface area (Å²) < 4.78 is 21.7. The van der Waals surface area contributed by atoms with Gasteiger partial charge in [0.05, 0.1) is 6.10 Å². The van der Waals surface area contributed by atoms with Gasteiger partial charge in [-0.3, -0.25) is 8.37 Å². The molecule has 86 valence electrons. The summed E-state index contributed by atoms with van der Waals surface area (Å²) in [4.78, 5) is 0. The predicted octanol–water partition coefficient (Wildman–Crippen LogP) is 0.920. The molecule has 0 aromatic carbocycles. The van der Waals surface area contributed by atoms with E-state index >= 15 is 0 Å². The van der Waals surface area contributed by atoms with E-state index in [1.54, 1.807) is 0 Å². The summed E-state index contributed by atoms with van der Waals surface area (Å²) in [7, 11) is 0. The summed E-state index contributed by atoms with van der Waals surface area (Å²) in [6.07, 6.45) is 3.26. The highest BCUT2D eigenvalue weighted by Crippen LogP contribution is 2.54. The fraction of sp³-hybridized carbons (Fsp3) is 1.00. The maximum atomic E-state index is 11.2. The van der Waals surface area contributed by atoms with E-state index in [9.17, 15) is 9.32 Å². The summed E-state index contributed by atoms with van der Waals surface area (Å²) in [5.41, 5.74) is -0.0565. The Hall–Kier alpha value is 0.0300. The van der Waals surface area contributed by atoms with Crippen molar-refractivity contribution in [3.05, 3.63) is 0 Å². The van der Waals surface area contributed by atoms with Gasteiger partial charge in [-0.2, -0.15) is 4.21 Å². The molecule has 2 saturated carbocycles. The average molecular weight is 232 g/mol. The minimum atomic E-state index is -1.56. The number of aliphatic hydroxyl groups excluding tert-OH is 1. The Kier molecular flexibility index (Phi) is 2.22. The van der Waals surface area contributed by atoms with Crippen LogP contribution >= 0.6 is 0 Å². The van der Waals surface area contributed by atoms with E-state index in [2.05, 4.69) is 6.92 Å². The topological polar surface area (TPSA) is 55.8 Å².